The normalized spacial score (nSPS) is 16.6. The number of hydrogen-bond donors (Lipinski definition) is 2. The van der Waals surface area contributed by atoms with E-state index in [-0.39, 0.29) is 19.6 Å². The predicted molar refractivity (Wildman–Crippen MR) is 165 cm³/mol. The number of nitrogens with one attached hydrogen (secondary N) is 2. The Morgan fingerprint density at radius 3 is 2.07 bits per heavy atom. The molecule has 0 bridgehead atoms. The molecule has 1 saturated heterocycles. The van der Waals surface area contributed by atoms with Crippen LogP contribution in [0.4, 0.5) is 4.79 Å². The number of thioether (sulfide) groups is 1. The van der Waals surface area contributed by atoms with Crippen molar-refractivity contribution >= 4 is 41.4 Å². The van der Waals surface area contributed by atoms with Gasteiger partial charge in [0.15, 0.2) is 0 Å². The fourth-order valence-electron chi connectivity index (χ4n) is 4.64. The maximum atomic E-state index is 13.7. The van der Waals surface area contributed by atoms with E-state index in [0.29, 0.717) is 11.3 Å². The molecule has 0 radical (unpaired) electrons. The molecule has 3 atom stereocenters. The number of hydrogen-bond acceptors (Lipinski definition) is 8. The quantitative estimate of drug-likeness (QED) is 0.177. The summed E-state index contributed by atoms with van der Waals surface area (Å²) in [6, 6.07) is 27.3. The third-order valence-corrected chi connectivity index (χ3v) is 8.06. The van der Waals surface area contributed by atoms with Gasteiger partial charge in [0.2, 0.25) is 11.8 Å². The molecule has 0 aliphatic carbocycles. The first-order chi connectivity index (χ1) is 21.2. The molecule has 3 aromatic carbocycles. The first kappa shape index (κ1) is 32.3. The molecule has 230 valence electrons. The summed E-state index contributed by atoms with van der Waals surface area (Å²) in [6.07, 6.45) is -2.14. The van der Waals surface area contributed by atoms with Crippen LogP contribution in [0.1, 0.15) is 35.9 Å². The highest BCUT2D eigenvalue weighted by atomic mass is 32.2. The summed E-state index contributed by atoms with van der Waals surface area (Å²) in [7, 11) is 0. The van der Waals surface area contributed by atoms with E-state index in [1.807, 2.05) is 66.7 Å². The SMILES string of the molecule is CC(C)OC(=O)C(=O)[C@H](Cc1ccccc1)C(=O)N[C@H]1CS[C@H](c2ccccc2)N1C(=O)CNC(=O)OCc1ccccc1. The first-order valence-corrected chi connectivity index (χ1v) is 15.3. The second kappa shape index (κ2) is 15.7. The number of carbonyl (C=O) groups excluding carboxylic acids is 5. The molecule has 1 aliphatic rings. The van der Waals surface area contributed by atoms with E-state index in [2.05, 4.69) is 10.6 Å². The summed E-state index contributed by atoms with van der Waals surface area (Å²) >= 11 is 1.43. The Morgan fingerprint density at radius 2 is 1.45 bits per heavy atom. The van der Waals surface area contributed by atoms with Crippen LogP contribution in [0.3, 0.4) is 0 Å². The van der Waals surface area contributed by atoms with E-state index in [4.69, 9.17) is 9.47 Å². The first-order valence-electron chi connectivity index (χ1n) is 14.2. The third-order valence-electron chi connectivity index (χ3n) is 6.74. The molecule has 0 aromatic heterocycles. The van der Waals surface area contributed by atoms with E-state index in [1.54, 1.807) is 38.1 Å². The van der Waals surface area contributed by atoms with Crippen molar-refractivity contribution in [2.45, 2.75) is 44.5 Å². The average molecular weight is 618 g/mol. The van der Waals surface area contributed by atoms with Crippen molar-refractivity contribution in [1.29, 1.82) is 0 Å². The third kappa shape index (κ3) is 8.93. The van der Waals surface area contributed by atoms with Crippen LogP contribution in [0.15, 0.2) is 91.0 Å². The smallest absolute Gasteiger partial charge is 0.407 e. The molecule has 0 unspecified atom stereocenters. The van der Waals surface area contributed by atoms with Gasteiger partial charge in [0.1, 0.15) is 30.6 Å². The van der Waals surface area contributed by atoms with Crippen LogP contribution in [0.25, 0.3) is 0 Å². The van der Waals surface area contributed by atoms with Gasteiger partial charge in [-0.3, -0.25) is 14.4 Å². The lowest BCUT2D eigenvalue weighted by Crippen LogP contribution is -2.54. The molecule has 1 heterocycles. The van der Waals surface area contributed by atoms with Crippen LogP contribution >= 0.6 is 11.8 Å². The maximum absolute atomic E-state index is 13.7. The predicted octanol–water partition coefficient (Wildman–Crippen LogP) is 4.01. The highest BCUT2D eigenvalue weighted by Gasteiger charge is 2.42. The average Bonchev–Trinajstić information content (AvgIpc) is 3.45. The number of Topliss-reactive ketones (excluding diaryl/α,β-unsaturated/α-hetero) is 1. The van der Waals surface area contributed by atoms with Crippen molar-refractivity contribution < 1.29 is 33.4 Å². The van der Waals surface area contributed by atoms with Crippen molar-refractivity contribution in [2.24, 2.45) is 5.92 Å². The van der Waals surface area contributed by atoms with Gasteiger partial charge in [-0.2, -0.15) is 0 Å². The molecule has 1 aliphatic heterocycles. The van der Waals surface area contributed by atoms with E-state index >= 15 is 0 Å². The van der Waals surface area contributed by atoms with E-state index in [1.165, 1.54) is 16.7 Å². The molecule has 44 heavy (non-hydrogen) atoms. The molecule has 11 heteroatoms. The fourth-order valence-corrected chi connectivity index (χ4v) is 6.03. The number of carbonyl (C=O) groups is 5. The van der Waals surface area contributed by atoms with Gasteiger partial charge in [-0.05, 0) is 37.0 Å². The number of ether oxygens (including phenoxy) is 2. The highest BCUT2D eigenvalue weighted by molar-refractivity contribution is 7.99. The second-order valence-electron chi connectivity index (χ2n) is 10.4. The number of benzene rings is 3. The van der Waals surface area contributed by atoms with Gasteiger partial charge < -0.3 is 25.0 Å². The van der Waals surface area contributed by atoms with Gasteiger partial charge in [-0.25, -0.2) is 9.59 Å². The largest absolute Gasteiger partial charge is 0.457 e. The summed E-state index contributed by atoms with van der Waals surface area (Å²) in [4.78, 5) is 66.8. The molecule has 1 fully saturated rings. The van der Waals surface area contributed by atoms with Gasteiger partial charge >= 0.3 is 12.1 Å². The van der Waals surface area contributed by atoms with Gasteiger partial charge in [0, 0.05) is 5.75 Å². The van der Waals surface area contributed by atoms with Crippen LogP contribution in [0, 0.1) is 5.92 Å². The molecular formula is C33H35N3O7S. The Labute approximate surface area is 260 Å². The standard InChI is InChI=1S/C33H35N3O7S/c1-22(2)43-32(40)29(38)26(18-23-12-6-3-7-13-23)30(39)35-27-21-44-31(25-16-10-5-11-17-25)36(27)28(37)19-34-33(41)42-20-24-14-8-4-9-15-24/h3-17,22,26-27,31H,18-21H2,1-2H3,(H,34,41)(H,35,39)/t26-,27+,31+/m0/s1. The number of amides is 3. The Bertz CT molecular complexity index is 1440. The molecule has 0 spiro atoms. The highest BCUT2D eigenvalue weighted by Crippen LogP contribution is 2.40. The van der Waals surface area contributed by atoms with Crippen molar-refractivity contribution in [3.63, 3.8) is 0 Å². The van der Waals surface area contributed by atoms with Gasteiger partial charge in [0.25, 0.3) is 5.78 Å². The number of rotatable bonds is 12. The van der Waals surface area contributed by atoms with Crippen molar-refractivity contribution in [1.82, 2.24) is 15.5 Å². The summed E-state index contributed by atoms with van der Waals surface area (Å²) < 4.78 is 10.3. The molecule has 2 N–H and O–H groups in total. The Hall–Kier alpha value is -4.64. The Balaban J connectivity index is 1.49. The second-order valence-corrected chi connectivity index (χ2v) is 11.5. The van der Waals surface area contributed by atoms with Gasteiger partial charge in [-0.15, -0.1) is 11.8 Å². The molecule has 4 rings (SSSR count). The minimum atomic E-state index is -1.37. The summed E-state index contributed by atoms with van der Waals surface area (Å²) in [5.41, 5.74) is 2.31. The number of ketones is 1. The summed E-state index contributed by atoms with van der Waals surface area (Å²) in [5.74, 6) is -4.27. The molecular weight excluding hydrogens is 582 g/mol. The Morgan fingerprint density at radius 1 is 0.864 bits per heavy atom. The van der Waals surface area contributed by atoms with Gasteiger partial charge in [0.05, 0.1) is 6.10 Å². The lowest BCUT2D eigenvalue weighted by Gasteiger charge is -2.31. The maximum Gasteiger partial charge on any atom is 0.407 e. The fraction of sp³-hybridized carbons (Fsp3) is 0.303. The van der Waals surface area contributed by atoms with E-state index < -0.39 is 53.2 Å². The monoisotopic (exact) mass is 617 g/mol. The summed E-state index contributed by atoms with van der Waals surface area (Å²) in [6.45, 7) is 2.90. The van der Waals surface area contributed by atoms with Crippen molar-refractivity contribution in [2.75, 3.05) is 12.3 Å². The van der Waals surface area contributed by atoms with Gasteiger partial charge in [-0.1, -0.05) is 91.0 Å². The number of esters is 1. The molecule has 0 saturated carbocycles. The minimum absolute atomic E-state index is 0.0244. The van der Waals surface area contributed by atoms with Crippen LogP contribution in [0.5, 0.6) is 0 Å². The zero-order chi connectivity index (χ0) is 31.5. The van der Waals surface area contributed by atoms with Crippen LogP contribution in [-0.4, -0.2) is 59.1 Å². The number of nitrogens with zero attached hydrogens (tertiary/aromatic N) is 1. The van der Waals surface area contributed by atoms with Crippen molar-refractivity contribution in [3.05, 3.63) is 108 Å². The zero-order valence-corrected chi connectivity index (χ0v) is 25.3. The summed E-state index contributed by atoms with van der Waals surface area (Å²) in [5, 5.41) is 4.85. The molecule has 3 aromatic rings. The lowest BCUT2D eigenvalue weighted by atomic mass is 9.94. The van der Waals surface area contributed by atoms with Crippen molar-refractivity contribution in [3.8, 4) is 0 Å². The van der Waals surface area contributed by atoms with Crippen LogP contribution < -0.4 is 10.6 Å². The molecule has 3 amide bonds. The van der Waals surface area contributed by atoms with E-state index in [0.717, 1.165) is 11.1 Å². The Kier molecular flexibility index (Phi) is 11.5. The van der Waals surface area contributed by atoms with E-state index in [9.17, 15) is 24.0 Å². The lowest BCUT2D eigenvalue weighted by molar-refractivity contribution is -0.160. The topological polar surface area (TPSA) is 131 Å². The number of alkyl carbamates (subject to hydrolysis) is 1. The minimum Gasteiger partial charge on any atom is -0.457 e. The van der Waals surface area contributed by atoms with Crippen LogP contribution in [-0.2, 0) is 41.7 Å². The van der Waals surface area contributed by atoms with Crippen LogP contribution in [0.2, 0.25) is 0 Å². The zero-order valence-electron chi connectivity index (χ0n) is 24.5. The molecule has 10 nitrogen and oxygen atoms in total.